The Bertz CT molecular complexity index is 2120. The maximum absolute atomic E-state index is 14.6. The van der Waals surface area contributed by atoms with Crippen LogP contribution in [0, 0.1) is 0 Å². The fraction of sp³-hybridized carbons (Fsp3) is 0.300. The van der Waals surface area contributed by atoms with Crippen molar-refractivity contribution in [2.45, 2.75) is 19.3 Å². The number of piperidine rings is 1. The van der Waals surface area contributed by atoms with E-state index in [1.165, 1.54) is 6.07 Å². The standard InChI is InChI=1S/C30H29F2N9O2/c1-36-16-33-14-26(36)29-35-22-11-20(17-13-34-37(2)15-17)21(28(31)32)12-23(22)41(29)18-9-24-27(39(4)30(43)38(24)3)25(10-18)40-7-5-19(42)6-8-40/h9-16,28H,5-8H2,1-4H3. The molecule has 0 amide bonds. The van der Waals surface area contributed by atoms with Crippen LogP contribution in [0.5, 0.6) is 0 Å². The van der Waals surface area contributed by atoms with Crippen LogP contribution in [-0.4, -0.2) is 56.9 Å². The number of nitrogens with zero attached hydrogens (tertiary/aromatic N) is 9. The van der Waals surface area contributed by atoms with Gasteiger partial charge in [-0.3, -0.25) is 23.2 Å². The fourth-order valence-electron chi connectivity index (χ4n) is 6.12. The predicted octanol–water partition coefficient (Wildman–Crippen LogP) is 4.12. The molecule has 0 bridgehead atoms. The zero-order valence-electron chi connectivity index (χ0n) is 24.1. The number of alkyl halides is 2. The third-order valence-electron chi connectivity index (χ3n) is 8.37. The summed E-state index contributed by atoms with van der Waals surface area (Å²) >= 11 is 0. The Morgan fingerprint density at radius 3 is 2.33 bits per heavy atom. The smallest absolute Gasteiger partial charge is 0.328 e. The molecule has 1 saturated heterocycles. The van der Waals surface area contributed by atoms with Gasteiger partial charge in [0, 0.05) is 71.4 Å². The number of fused-ring (bicyclic) bond motifs is 2. The number of ketones is 1. The molecular weight excluding hydrogens is 556 g/mol. The average molecular weight is 586 g/mol. The highest BCUT2D eigenvalue weighted by molar-refractivity contribution is 5.95. The third-order valence-corrected chi connectivity index (χ3v) is 8.37. The van der Waals surface area contributed by atoms with E-state index in [2.05, 4.69) is 15.0 Å². The molecule has 11 nitrogen and oxygen atoms in total. The van der Waals surface area contributed by atoms with Gasteiger partial charge in [0.1, 0.15) is 11.5 Å². The molecule has 1 aliphatic heterocycles. The average Bonchev–Trinajstić information content (AvgIpc) is 3.75. The molecular formula is C30H29F2N9O2. The Kier molecular flexibility index (Phi) is 6.08. The zero-order valence-corrected chi connectivity index (χ0v) is 24.1. The van der Waals surface area contributed by atoms with E-state index in [1.807, 2.05) is 28.3 Å². The Hall–Kier alpha value is -5.07. The molecule has 2 aromatic carbocycles. The maximum atomic E-state index is 14.6. The number of hydrogen-bond donors (Lipinski definition) is 0. The molecule has 0 spiro atoms. The molecule has 0 unspecified atom stereocenters. The number of Topliss-reactive ketones (excluding diaryl/α,β-unsaturated/α-hetero) is 1. The van der Waals surface area contributed by atoms with Gasteiger partial charge in [-0.2, -0.15) is 5.10 Å². The SMILES string of the molecule is Cn1cc(-c2cc3nc(-c4cncn4C)n(-c4cc(N5CCC(=O)CC5)c5c(c4)n(C)c(=O)n5C)c3cc2C(F)F)cn1. The van der Waals surface area contributed by atoms with Crippen molar-refractivity contribution in [3.05, 3.63) is 65.2 Å². The van der Waals surface area contributed by atoms with E-state index < -0.39 is 6.43 Å². The number of halogens is 2. The highest BCUT2D eigenvalue weighted by atomic mass is 19.3. The summed E-state index contributed by atoms with van der Waals surface area (Å²) in [5.41, 5.74) is 5.14. The lowest BCUT2D eigenvalue weighted by atomic mass is 10.0. The van der Waals surface area contributed by atoms with Crippen molar-refractivity contribution in [2.75, 3.05) is 18.0 Å². The Morgan fingerprint density at radius 1 is 0.907 bits per heavy atom. The minimum absolute atomic E-state index is 0.138. The summed E-state index contributed by atoms with van der Waals surface area (Å²) in [7, 11) is 7.02. The largest absolute Gasteiger partial charge is 0.369 e. The van der Waals surface area contributed by atoms with Crippen LogP contribution in [0.4, 0.5) is 14.5 Å². The van der Waals surface area contributed by atoms with Gasteiger partial charge in [-0.05, 0) is 29.8 Å². The summed E-state index contributed by atoms with van der Waals surface area (Å²) < 4.78 is 37.7. The van der Waals surface area contributed by atoms with Gasteiger partial charge in [-0.1, -0.05) is 0 Å². The molecule has 0 radical (unpaired) electrons. The van der Waals surface area contributed by atoms with Crippen LogP contribution < -0.4 is 10.6 Å². The Morgan fingerprint density at radius 2 is 1.67 bits per heavy atom. The summed E-state index contributed by atoms with van der Waals surface area (Å²) in [5, 5.41) is 4.18. The zero-order chi connectivity index (χ0) is 30.2. The maximum Gasteiger partial charge on any atom is 0.328 e. The van der Waals surface area contributed by atoms with Crippen molar-refractivity contribution in [2.24, 2.45) is 28.2 Å². The molecule has 7 rings (SSSR count). The minimum Gasteiger partial charge on any atom is -0.369 e. The monoisotopic (exact) mass is 585 g/mol. The molecule has 4 aromatic heterocycles. The highest BCUT2D eigenvalue weighted by Gasteiger charge is 2.26. The van der Waals surface area contributed by atoms with Gasteiger partial charge in [-0.25, -0.2) is 23.5 Å². The number of benzene rings is 2. The first kappa shape index (κ1) is 26.8. The van der Waals surface area contributed by atoms with Crippen LogP contribution in [-0.2, 0) is 33.0 Å². The van der Waals surface area contributed by atoms with Gasteiger partial charge >= 0.3 is 5.69 Å². The molecule has 0 atom stereocenters. The Balaban J connectivity index is 1.56. The topological polar surface area (TPSA) is 101 Å². The van der Waals surface area contributed by atoms with Gasteiger partial charge in [0.25, 0.3) is 6.43 Å². The summed E-state index contributed by atoms with van der Waals surface area (Å²) in [4.78, 5) is 36.5. The van der Waals surface area contributed by atoms with Crippen molar-refractivity contribution in [3.63, 3.8) is 0 Å². The van der Waals surface area contributed by atoms with Gasteiger partial charge in [-0.15, -0.1) is 0 Å². The molecule has 0 saturated carbocycles. The van der Waals surface area contributed by atoms with Gasteiger partial charge in [0.05, 0.1) is 52.2 Å². The van der Waals surface area contributed by atoms with Gasteiger partial charge < -0.3 is 9.47 Å². The number of aryl methyl sites for hydroxylation is 4. The molecule has 1 aliphatic rings. The number of aromatic nitrogens is 8. The van der Waals surface area contributed by atoms with Crippen molar-refractivity contribution >= 4 is 33.5 Å². The predicted molar refractivity (Wildman–Crippen MR) is 159 cm³/mol. The van der Waals surface area contributed by atoms with Crippen LogP contribution in [0.3, 0.4) is 0 Å². The van der Waals surface area contributed by atoms with Gasteiger partial charge in [0.2, 0.25) is 0 Å². The summed E-state index contributed by atoms with van der Waals surface area (Å²) in [6.07, 6.45) is 4.68. The first-order valence-electron chi connectivity index (χ1n) is 13.9. The second-order valence-electron chi connectivity index (χ2n) is 11.1. The first-order chi connectivity index (χ1) is 20.6. The van der Waals surface area contributed by atoms with E-state index in [-0.39, 0.29) is 17.0 Å². The molecule has 0 N–H and O–H groups in total. The van der Waals surface area contributed by atoms with Gasteiger partial charge in [0.15, 0.2) is 5.82 Å². The lowest BCUT2D eigenvalue weighted by Gasteiger charge is -2.29. The van der Waals surface area contributed by atoms with Crippen molar-refractivity contribution in [1.82, 2.24) is 38.0 Å². The van der Waals surface area contributed by atoms with Crippen molar-refractivity contribution in [3.8, 4) is 28.3 Å². The second-order valence-corrected chi connectivity index (χ2v) is 11.1. The Labute approximate surface area is 244 Å². The van der Waals surface area contributed by atoms with E-state index in [0.29, 0.717) is 70.8 Å². The van der Waals surface area contributed by atoms with Crippen LogP contribution in [0.25, 0.3) is 50.4 Å². The minimum atomic E-state index is -2.75. The number of imidazole rings is 3. The van der Waals surface area contributed by atoms with Crippen molar-refractivity contribution in [1.29, 1.82) is 0 Å². The first-order valence-corrected chi connectivity index (χ1v) is 13.9. The van der Waals surface area contributed by atoms with Crippen LogP contribution in [0.2, 0.25) is 0 Å². The third kappa shape index (κ3) is 4.17. The van der Waals surface area contributed by atoms with E-state index in [4.69, 9.17) is 4.98 Å². The van der Waals surface area contributed by atoms with E-state index in [0.717, 1.165) is 11.2 Å². The number of hydrogen-bond acceptors (Lipinski definition) is 6. The van der Waals surface area contributed by atoms with Crippen LogP contribution in [0.15, 0.2) is 54.0 Å². The van der Waals surface area contributed by atoms with Crippen molar-refractivity contribution < 1.29 is 13.6 Å². The van der Waals surface area contributed by atoms with E-state index in [1.54, 1.807) is 65.9 Å². The van der Waals surface area contributed by atoms with Crippen LogP contribution >= 0.6 is 0 Å². The number of anilines is 1. The van der Waals surface area contributed by atoms with E-state index in [9.17, 15) is 18.4 Å². The molecule has 43 heavy (non-hydrogen) atoms. The molecule has 1 fully saturated rings. The number of carbonyl (C=O) groups is 1. The quantitative estimate of drug-likeness (QED) is 0.302. The lowest BCUT2D eigenvalue weighted by Crippen LogP contribution is -2.34. The summed E-state index contributed by atoms with van der Waals surface area (Å²) in [6, 6.07) is 7.00. The normalized spacial score (nSPS) is 14.2. The highest BCUT2D eigenvalue weighted by Crippen LogP contribution is 2.39. The fourth-order valence-corrected chi connectivity index (χ4v) is 6.12. The molecule has 13 heteroatoms. The summed E-state index contributed by atoms with van der Waals surface area (Å²) in [6.45, 7) is 1.04. The molecule has 0 aliphatic carbocycles. The molecule has 5 heterocycles. The molecule has 6 aromatic rings. The number of carbonyl (C=O) groups excluding carboxylic acids is 1. The lowest BCUT2D eigenvalue weighted by molar-refractivity contribution is -0.119. The van der Waals surface area contributed by atoms with E-state index >= 15 is 0 Å². The van der Waals surface area contributed by atoms with Crippen LogP contribution in [0.1, 0.15) is 24.8 Å². The number of rotatable bonds is 5. The summed E-state index contributed by atoms with van der Waals surface area (Å²) in [5.74, 6) is 0.715. The molecule has 220 valence electrons. The second kappa shape index (κ2) is 9.75.